The molecule has 1 aromatic carbocycles. The van der Waals surface area contributed by atoms with Crippen LogP contribution in [-0.2, 0) is 10.2 Å². The van der Waals surface area contributed by atoms with E-state index in [1.807, 2.05) is 6.92 Å². The minimum absolute atomic E-state index is 0.137. The molecule has 168 valence electrons. The quantitative estimate of drug-likeness (QED) is 0.506. The molecule has 0 atom stereocenters. The van der Waals surface area contributed by atoms with Gasteiger partial charge in [-0.05, 0) is 37.5 Å². The van der Waals surface area contributed by atoms with Gasteiger partial charge in [0.1, 0.15) is 5.82 Å². The highest BCUT2D eigenvalue weighted by Crippen LogP contribution is 2.30. The first kappa shape index (κ1) is 24.4. The lowest BCUT2D eigenvalue weighted by Crippen LogP contribution is -2.50. The smallest absolute Gasteiger partial charge is 0.236 e. The average molecular weight is 440 g/mol. The number of halogens is 2. The van der Waals surface area contributed by atoms with Crippen LogP contribution in [0.1, 0.15) is 39.2 Å². The van der Waals surface area contributed by atoms with Crippen molar-refractivity contribution in [2.24, 2.45) is 4.99 Å². The number of aliphatic imine (C=N–C) groups is 1. The third kappa shape index (κ3) is 7.13. The van der Waals surface area contributed by atoms with Crippen molar-refractivity contribution in [3.63, 3.8) is 0 Å². The van der Waals surface area contributed by atoms with Crippen LogP contribution in [0.5, 0.6) is 0 Å². The van der Waals surface area contributed by atoms with Crippen LogP contribution in [0, 0.1) is 5.82 Å². The molecule has 0 aliphatic carbocycles. The van der Waals surface area contributed by atoms with E-state index in [9.17, 15) is 9.18 Å². The van der Waals surface area contributed by atoms with Crippen LogP contribution in [0.25, 0.3) is 0 Å². The summed E-state index contributed by atoms with van der Waals surface area (Å²) in [4.78, 5) is 20.5. The van der Waals surface area contributed by atoms with E-state index in [-0.39, 0.29) is 17.1 Å². The van der Waals surface area contributed by atoms with Crippen LogP contribution in [0.4, 0.5) is 4.39 Å². The topological polar surface area (TPSA) is 60.0 Å². The predicted molar refractivity (Wildman–Crippen MR) is 122 cm³/mol. The van der Waals surface area contributed by atoms with E-state index in [1.165, 1.54) is 12.1 Å². The third-order valence-electron chi connectivity index (χ3n) is 5.42. The first-order valence-electron chi connectivity index (χ1n) is 10.5. The highest BCUT2D eigenvalue weighted by molar-refractivity contribution is 6.31. The van der Waals surface area contributed by atoms with Crippen molar-refractivity contribution in [3.05, 3.63) is 34.6 Å². The summed E-state index contributed by atoms with van der Waals surface area (Å²) < 4.78 is 13.4. The zero-order valence-electron chi connectivity index (χ0n) is 18.8. The van der Waals surface area contributed by atoms with Gasteiger partial charge >= 0.3 is 0 Å². The number of carbonyl (C=O) groups is 1. The Morgan fingerprint density at radius 3 is 2.57 bits per heavy atom. The van der Waals surface area contributed by atoms with Crippen LogP contribution < -0.4 is 10.6 Å². The first-order valence-corrected chi connectivity index (χ1v) is 10.9. The van der Waals surface area contributed by atoms with Crippen molar-refractivity contribution in [3.8, 4) is 0 Å². The Hall–Kier alpha value is -1.86. The number of piperidine rings is 1. The van der Waals surface area contributed by atoms with Crippen LogP contribution in [0.15, 0.2) is 23.2 Å². The number of guanidine groups is 1. The van der Waals surface area contributed by atoms with Gasteiger partial charge in [-0.15, -0.1) is 0 Å². The normalized spacial score (nSPS) is 16.4. The molecule has 2 N–H and O–H groups in total. The SMILES string of the molecule is CCNC(=NCC(C)(C)c1ccc(F)cc1Cl)NC1CCN(CC(=O)N(C)C)CC1. The molecule has 0 spiro atoms. The molecule has 1 saturated heterocycles. The van der Waals surface area contributed by atoms with E-state index in [1.54, 1.807) is 25.1 Å². The molecule has 0 saturated carbocycles. The lowest BCUT2D eigenvalue weighted by Gasteiger charge is -2.33. The van der Waals surface area contributed by atoms with E-state index in [4.69, 9.17) is 16.6 Å². The van der Waals surface area contributed by atoms with E-state index < -0.39 is 0 Å². The molecular formula is C22H35ClFN5O. The number of nitrogens with zero attached hydrogens (tertiary/aromatic N) is 3. The van der Waals surface area contributed by atoms with Crippen molar-refractivity contribution in [2.45, 2.75) is 45.1 Å². The maximum atomic E-state index is 13.4. The molecule has 2 rings (SSSR count). The Morgan fingerprint density at radius 2 is 2.00 bits per heavy atom. The average Bonchev–Trinajstić information content (AvgIpc) is 2.67. The fraction of sp³-hybridized carbons (Fsp3) is 0.636. The van der Waals surface area contributed by atoms with Gasteiger partial charge in [-0.3, -0.25) is 14.7 Å². The molecule has 0 unspecified atom stereocenters. The molecule has 1 aromatic rings. The Morgan fingerprint density at radius 1 is 1.33 bits per heavy atom. The van der Waals surface area contributed by atoms with Crippen LogP contribution in [0.2, 0.25) is 5.02 Å². The van der Waals surface area contributed by atoms with Gasteiger partial charge in [0.15, 0.2) is 5.96 Å². The van der Waals surface area contributed by atoms with Gasteiger partial charge in [-0.2, -0.15) is 0 Å². The molecule has 1 fully saturated rings. The van der Waals surface area contributed by atoms with Crippen molar-refractivity contribution in [2.75, 3.05) is 46.8 Å². The summed E-state index contributed by atoms with van der Waals surface area (Å²) in [5, 5.41) is 7.26. The highest BCUT2D eigenvalue weighted by atomic mass is 35.5. The largest absolute Gasteiger partial charge is 0.357 e. The maximum absolute atomic E-state index is 13.4. The van der Waals surface area contributed by atoms with E-state index >= 15 is 0 Å². The first-order chi connectivity index (χ1) is 14.1. The molecule has 30 heavy (non-hydrogen) atoms. The van der Waals surface area contributed by atoms with Crippen molar-refractivity contribution in [1.82, 2.24) is 20.4 Å². The summed E-state index contributed by atoms with van der Waals surface area (Å²) in [5.41, 5.74) is 0.548. The number of hydrogen-bond donors (Lipinski definition) is 2. The highest BCUT2D eigenvalue weighted by Gasteiger charge is 2.25. The Bertz CT molecular complexity index is 745. The summed E-state index contributed by atoms with van der Waals surface area (Å²) in [6.45, 7) is 9.66. The molecular weight excluding hydrogens is 405 g/mol. The van der Waals surface area contributed by atoms with Crippen LogP contribution in [0.3, 0.4) is 0 Å². The summed E-state index contributed by atoms with van der Waals surface area (Å²) in [6.07, 6.45) is 1.91. The molecule has 0 bridgehead atoms. The Labute approximate surface area is 184 Å². The van der Waals surface area contributed by atoms with E-state index in [0.29, 0.717) is 24.2 Å². The standard InChI is InChI=1S/C22H35ClFN5O/c1-6-25-21(26-15-22(2,3)18-8-7-16(24)13-19(18)23)27-17-9-11-29(12-10-17)14-20(30)28(4)5/h7-8,13,17H,6,9-12,14-15H2,1-5H3,(H2,25,26,27). The zero-order chi connectivity index (χ0) is 22.3. The molecule has 6 nitrogen and oxygen atoms in total. The fourth-order valence-electron chi connectivity index (χ4n) is 3.48. The molecule has 1 aliphatic rings. The van der Waals surface area contributed by atoms with Crippen LogP contribution >= 0.6 is 11.6 Å². The van der Waals surface area contributed by atoms with Gasteiger partial charge in [0.25, 0.3) is 0 Å². The van der Waals surface area contributed by atoms with Crippen molar-refractivity contribution < 1.29 is 9.18 Å². The molecule has 1 amide bonds. The van der Waals surface area contributed by atoms with Gasteiger partial charge in [-0.25, -0.2) is 4.39 Å². The van der Waals surface area contributed by atoms with Gasteiger partial charge in [0, 0.05) is 50.2 Å². The number of likely N-dealkylation sites (tertiary alicyclic amines) is 1. The molecule has 0 radical (unpaired) electrons. The van der Waals surface area contributed by atoms with Crippen molar-refractivity contribution in [1.29, 1.82) is 0 Å². The van der Waals surface area contributed by atoms with Gasteiger partial charge in [0.2, 0.25) is 5.91 Å². The van der Waals surface area contributed by atoms with E-state index in [0.717, 1.165) is 44.0 Å². The summed E-state index contributed by atoms with van der Waals surface area (Å²) in [6, 6.07) is 4.83. The number of benzene rings is 1. The summed E-state index contributed by atoms with van der Waals surface area (Å²) in [5.74, 6) is 0.571. The zero-order valence-corrected chi connectivity index (χ0v) is 19.5. The molecule has 1 heterocycles. The Balaban J connectivity index is 1.95. The number of carbonyl (C=O) groups excluding carboxylic acids is 1. The second-order valence-corrected chi connectivity index (χ2v) is 9.09. The number of nitrogens with one attached hydrogen (secondary N) is 2. The summed E-state index contributed by atoms with van der Waals surface area (Å²) >= 11 is 6.26. The number of likely N-dealkylation sites (N-methyl/N-ethyl adjacent to an activating group) is 1. The number of amides is 1. The Kier molecular flexibility index (Phi) is 8.92. The van der Waals surface area contributed by atoms with Gasteiger partial charge in [-0.1, -0.05) is 31.5 Å². The lowest BCUT2D eigenvalue weighted by molar-refractivity contribution is -0.130. The lowest BCUT2D eigenvalue weighted by atomic mass is 9.84. The van der Waals surface area contributed by atoms with Crippen molar-refractivity contribution >= 4 is 23.5 Å². The van der Waals surface area contributed by atoms with E-state index in [2.05, 4.69) is 29.4 Å². The summed E-state index contributed by atoms with van der Waals surface area (Å²) in [7, 11) is 3.58. The van der Waals surface area contributed by atoms with Gasteiger partial charge < -0.3 is 15.5 Å². The monoisotopic (exact) mass is 439 g/mol. The molecule has 8 heteroatoms. The third-order valence-corrected chi connectivity index (χ3v) is 5.74. The fourth-order valence-corrected chi connectivity index (χ4v) is 3.90. The minimum atomic E-state index is -0.336. The van der Waals surface area contributed by atoms with Gasteiger partial charge in [0.05, 0.1) is 13.1 Å². The number of rotatable bonds is 7. The number of hydrogen-bond acceptors (Lipinski definition) is 3. The maximum Gasteiger partial charge on any atom is 0.236 e. The molecule has 1 aliphatic heterocycles. The van der Waals surface area contributed by atoms with Crippen LogP contribution in [-0.4, -0.2) is 74.5 Å². The second-order valence-electron chi connectivity index (χ2n) is 8.69. The predicted octanol–water partition coefficient (Wildman–Crippen LogP) is 2.86. The second kappa shape index (κ2) is 11.0. The minimum Gasteiger partial charge on any atom is -0.357 e. The molecule has 0 aromatic heterocycles.